The Morgan fingerprint density at radius 2 is 1.60 bits per heavy atom. The summed E-state index contributed by atoms with van der Waals surface area (Å²) in [7, 11) is 0. The Bertz CT molecular complexity index is 1140. The number of hydrogen-bond donors (Lipinski definition) is 1. The molecule has 1 fully saturated rings. The molecule has 2 aromatic heterocycles. The summed E-state index contributed by atoms with van der Waals surface area (Å²) in [6.07, 6.45) is 5.94. The van der Waals surface area contributed by atoms with Gasteiger partial charge in [-0.15, -0.1) is 0 Å². The van der Waals surface area contributed by atoms with E-state index in [4.69, 9.17) is 4.98 Å². The highest BCUT2D eigenvalue weighted by Crippen LogP contribution is 2.29. The lowest BCUT2D eigenvalue weighted by Crippen LogP contribution is -2.30. The van der Waals surface area contributed by atoms with Gasteiger partial charge in [0.2, 0.25) is 0 Å². The molecule has 0 spiro atoms. The number of hydrogen-bond acceptors (Lipinski definition) is 3. The summed E-state index contributed by atoms with van der Waals surface area (Å²) in [4.78, 5) is 7.10. The maximum Gasteiger partial charge on any atom is 0.128 e. The lowest BCUT2D eigenvalue weighted by atomic mass is 10.1. The Morgan fingerprint density at radius 3 is 2.40 bits per heavy atom. The van der Waals surface area contributed by atoms with Gasteiger partial charge in [0.25, 0.3) is 0 Å². The molecular formula is C26H30N4. The van der Waals surface area contributed by atoms with E-state index < -0.39 is 0 Å². The van der Waals surface area contributed by atoms with Gasteiger partial charge in [-0.2, -0.15) is 0 Å². The van der Waals surface area contributed by atoms with Crippen molar-refractivity contribution in [1.82, 2.24) is 14.9 Å². The molecule has 1 N–H and O–H groups in total. The number of aryl methyl sites for hydroxylation is 1. The quantitative estimate of drug-likeness (QED) is 0.466. The summed E-state index contributed by atoms with van der Waals surface area (Å²) in [6.45, 7) is 7.18. The Morgan fingerprint density at radius 1 is 0.833 bits per heavy atom. The molecule has 0 amide bonds. The van der Waals surface area contributed by atoms with E-state index in [0.29, 0.717) is 0 Å². The lowest BCUT2D eigenvalue weighted by Gasteiger charge is -2.27. The zero-order valence-electron chi connectivity index (χ0n) is 17.8. The zero-order valence-corrected chi connectivity index (χ0v) is 17.8. The van der Waals surface area contributed by atoms with Gasteiger partial charge in [-0.1, -0.05) is 30.3 Å². The van der Waals surface area contributed by atoms with E-state index >= 15 is 0 Å². The second-order valence-electron chi connectivity index (χ2n) is 8.29. The number of para-hydroxylation sites is 1. The number of benzene rings is 2. The van der Waals surface area contributed by atoms with Gasteiger partial charge in [0.15, 0.2) is 0 Å². The van der Waals surface area contributed by atoms with E-state index in [0.717, 1.165) is 38.5 Å². The molecule has 154 valence electrons. The van der Waals surface area contributed by atoms with Crippen molar-refractivity contribution in [2.24, 2.45) is 0 Å². The minimum Gasteiger partial charge on any atom is -0.357 e. The van der Waals surface area contributed by atoms with Crippen LogP contribution in [0.2, 0.25) is 0 Å². The Labute approximate surface area is 178 Å². The number of pyridine rings is 1. The Balaban J connectivity index is 1.27. The second-order valence-corrected chi connectivity index (χ2v) is 8.29. The van der Waals surface area contributed by atoms with Gasteiger partial charge in [0.1, 0.15) is 5.82 Å². The van der Waals surface area contributed by atoms with Crippen LogP contribution in [-0.4, -0.2) is 22.6 Å². The summed E-state index contributed by atoms with van der Waals surface area (Å²) >= 11 is 0. The highest BCUT2D eigenvalue weighted by atomic mass is 15.2. The smallest absolute Gasteiger partial charge is 0.128 e. The van der Waals surface area contributed by atoms with Crippen LogP contribution < -0.4 is 10.2 Å². The van der Waals surface area contributed by atoms with Crippen molar-refractivity contribution in [3.63, 3.8) is 0 Å². The van der Waals surface area contributed by atoms with Gasteiger partial charge >= 0.3 is 0 Å². The third kappa shape index (κ3) is 3.68. The minimum absolute atomic E-state index is 0.835. The first-order valence-electron chi connectivity index (χ1n) is 11.2. The second kappa shape index (κ2) is 8.49. The van der Waals surface area contributed by atoms with Gasteiger partial charge in [0, 0.05) is 60.7 Å². The largest absolute Gasteiger partial charge is 0.357 e. The Kier molecular flexibility index (Phi) is 5.41. The lowest BCUT2D eigenvalue weighted by molar-refractivity contribution is 0.573. The van der Waals surface area contributed by atoms with Crippen molar-refractivity contribution < 1.29 is 0 Å². The number of nitrogens with zero attached hydrogens (tertiary/aromatic N) is 3. The summed E-state index contributed by atoms with van der Waals surface area (Å²) in [5.74, 6) is 1.12. The third-order valence-electron chi connectivity index (χ3n) is 6.30. The third-order valence-corrected chi connectivity index (χ3v) is 6.30. The molecule has 30 heavy (non-hydrogen) atoms. The molecule has 1 saturated heterocycles. The topological polar surface area (TPSA) is 33.1 Å². The van der Waals surface area contributed by atoms with Crippen LogP contribution in [0.5, 0.6) is 0 Å². The van der Waals surface area contributed by atoms with E-state index in [2.05, 4.69) is 76.3 Å². The summed E-state index contributed by atoms with van der Waals surface area (Å²) in [6, 6.07) is 20.0. The van der Waals surface area contributed by atoms with Crippen molar-refractivity contribution >= 4 is 27.6 Å². The van der Waals surface area contributed by atoms with E-state index in [1.54, 1.807) is 0 Å². The van der Waals surface area contributed by atoms with Gasteiger partial charge in [0.05, 0.1) is 0 Å². The van der Waals surface area contributed by atoms with Gasteiger partial charge in [-0.05, 0) is 61.6 Å². The minimum atomic E-state index is 0.835. The van der Waals surface area contributed by atoms with Crippen molar-refractivity contribution in [2.75, 3.05) is 18.0 Å². The molecule has 0 atom stereocenters. The highest BCUT2D eigenvalue weighted by Gasteiger charge is 2.12. The predicted octanol–water partition coefficient (Wildman–Crippen LogP) is 5.49. The number of anilines is 1. The van der Waals surface area contributed by atoms with Gasteiger partial charge in [-0.3, -0.25) is 0 Å². The number of rotatable bonds is 6. The standard InChI is InChI=1S/C26H30N4/c1-2-30-24-9-5-4-8-22(24)23-16-20(10-12-25(23)30)17-27-18-21-11-13-26(28-19-21)29-14-6-3-7-15-29/h4-5,8-13,16,19,27H,2-3,6-7,14-15,17-18H2,1H3. The van der Waals surface area contributed by atoms with Crippen LogP contribution in [-0.2, 0) is 19.6 Å². The first-order valence-corrected chi connectivity index (χ1v) is 11.2. The first-order chi connectivity index (χ1) is 14.8. The molecule has 3 heterocycles. The van der Waals surface area contributed by atoms with Crippen LogP contribution in [0, 0.1) is 0 Å². The van der Waals surface area contributed by atoms with Crippen LogP contribution >= 0.6 is 0 Å². The molecule has 0 aliphatic carbocycles. The predicted molar refractivity (Wildman–Crippen MR) is 126 cm³/mol. The average Bonchev–Trinajstić information content (AvgIpc) is 3.13. The fraction of sp³-hybridized carbons (Fsp3) is 0.346. The SMILES string of the molecule is CCn1c2ccccc2c2cc(CNCc3ccc(N4CCCCC4)nc3)ccc21. The average molecular weight is 399 g/mol. The molecule has 4 heteroatoms. The van der Waals surface area contributed by atoms with Crippen LogP contribution in [0.3, 0.4) is 0 Å². The Hall–Kier alpha value is -2.85. The summed E-state index contributed by atoms with van der Waals surface area (Å²) in [5, 5.41) is 6.28. The van der Waals surface area contributed by atoms with Crippen molar-refractivity contribution in [3.8, 4) is 0 Å². The maximum absolute atomic E-state index is 4.70. The highest BCUT2D eigenvalue weighted by molar-refractivity contribution is 6.08. The number of nitrogens with one attached hydrogen (secondary N) is 1. The molecule has 4 aromatic rings. The van der Waals surface area contributed by atoms with Gasteiger partial charge < -0.3 is 14.8 Å². The molecule has 0 bridgehead atoms. The molecule has 5 rings (SSSR count). The number of fused-ring (bicyclic) bond motifs is 3. The molecule has 4 nitrogen and oxygen atoms in total. The zero-order chi connectivity index (χ0) is 20.3. The molecule has 0 unspecified atom stereocenters. The number of aromatic nitrogens is 2. The molecule has 1 aliphatic rings. The van der Waals surface area contributed by atoms with E-state index in [-0.39, 0.29) is 0 Å². The summed E-state index contributed by atoms with van der Waals surface area (Å²) < 4.78 is 2.40. The first kappa shape index (κ1) is 19.1. The summed E-state index contributed by atoms with van der Waals surface area (Å²) in [5.41, 5.74) is 5.19. The monoisotopic (exact) mass is 398 g/mol. The molecular weight excluding hydrogens is 368 g/mol. The van der Waals surface area contributed by atoms with Crippen molar-refractivity contribution in [2.45, 2.75) is 45.8 Å². The van der Waals surface area contributed by atoms with Crippen LogP contribution in [0.1, 0.15) is 37.3 Å². The van der Waals surface area contributed by atoms with Crippen LogP contribution in [0.4, 0.5) is 5.82 Å². The van der Waals surface area contributed by atoms with E-state index in [1.165, 1.54) is 52.2 Å². The van der Waals surface area contributed by atoms with E-state index in [9.17, 15) is 0 Å². The maximum atomic E-state index is 4.70. The molecule has 0 radical (unpaired) electrons. The fourth-order valence-electron chi connectivity index (χ4n) is 4.73. The van der Waals surface area contributed by atoms with Crippen LogP contribution in [0.15, 0.2) is 60.8 Å². The molecule has 0 saturated carbocycles. The van der Waals surface area contributed by atoms with Crippen LogP contribution in [0.25, 0.3) is 21.8 Å². The van der Waals surface area contributed by atoms with Crippen molar-refractivity contribution in [1.29, 1.82) is 0 Å². The molecule has 1 aliphatic heterocycles. The van der Waals surface area contributed by atoms with Gasteiger partial charge in [-0.25, -0.2) is 4.98 Å². The fourth-order valence-corrected chi connectivity index (χ4v) is 4.73. The normalized spacial score (nSPS) is 14.6. The molecule has 2 aromatic carbocycles. The number of piperidine rings is 1. The van der Waals surface area contributed by atoms with Crippen molar-refractivity contribution in [3.05, 3.63) is 71.9 Å². The van der Waals surface area contributed by atoms with E-state index in [1.807, 2.05) is 6.20 Å².